The van der Waals surface area contributed by atoms with Crippen LogP contribution in [0.5, 0.6) is 0 Å². The molecule has 0 fully saturated rings. The van der Waals surface area contributed by atoms with Crippen LogP contribution >= 0.6 is 11.6 Å². The summed E-state index contributed by atoms with van der Waals surface area (Å²) in [6, 6.07) is 9.30. The molecule has 1 aromatic heterocycles. The van der Waals surface area contributed by atoms with Gasteiger partial charge in [0.2, 0.25) is 18.2 Å². The summed E-state index contributed by atoms with van der Waals surface area (Å²) < 4.78 is 0. The molecule has 2 aromatic rings. The fourth-order valence-corrected chi connectivity index (χ4v) is 4.36. The van der Waals surface area contributed by atoms with Gasteiger partial charge in [-0.25, -0.2) is 5.06 Å². The molecule has 1 aromatic carbocycles. The number of hydrogen-bond acceptors (Lipinski definition) is 5. The second-order valence-corrected chi connectivity index (χ2v) is 10.8. The minimum Gasteiger partial charge on any atom is -0.343 e. The van der Waals surface area contributed by atoms with Crippen molar-refractivity contribution in [2.45, 2.75) is 66.0 Å². The molecule has 36 heavy (non-hydrogen) atoms. The lowest BCUT2D eigenvalue weighted by molar-refractivity contribution is -0.173. The van der Waals surface area contributed by atoms with Crippen LogP contribution in [0.3, 0.4) is 0 Å². The van der Waals surface area contributed by atoms with Crippen molar-refractivity contribution in [3.63, 3.8) is 0 Å². The maximum atomic E-state index is 13.6. The molecule has 0 aliphatic carbocycles. The van der Waals surface area contributed by atoms with Gasteiger partial charge in [-0.15, -0.1) is 0 Å². The first kappa shape index (κ1) is 29.3. The zero-order valence-corrected chi connectivity index (χ0v) is 22.3. The number of aryl methyl sites for hydroxylation is 1. The normalized spacial score (nSPS) is 14.0. The van der Waals surface area contributed by atoms with E-state index < -0.39 is 29.3 Å². The molecular weight excluding hydrogens is 480 g/mol. The summed E-state index contributed by atoms with van der Waals surface area (Å²) in [5, 5.41) is 17.3. The first-order chi connectivity index (χ1) is 16.9. The number of hydroxylamine groups is 2. The molecule has 0 radical (unpaired) electrons. The lowest BCUT2D eigenvalue weighted by atomic mass is 9.82. The Morgan fingerprint density at radius 3 is 2.33 bits per heavy atom. The summed E-state index contributed by atoms with van der Waals surface area (Å²) in [6.07, 6.45) is 5.19. The van der Waals surface area contributed by atoms with Crippen molar-refractivity contribution in [2.75, 3.05) is 5.32 Å². The number of anilines is 1. The second-order valence-electron chi connectivity index (χ2n) is 10.4. The van der Waals surface area contributed by atoms with Crippen molar-refractivity contribution >= 4 is 35.5 Å². The van der Waals surface area contributed by atoms with Gasteiger partial charge in [0.25, 0.3) is 0 Å². The van der Waals surface area contributed by atoms with Crippen LogP contribution in [-0.4, -0.2) is 45.6 Å². The van der Waals surface area contributed by atoms with Gasteiger partial charge in [-0.3, -0.25) is 24.6 Å². The second kappa shape index (κ2) is 13.4. The zero-order chi connectivity index (χ0) is 26.9. The largest absolute Gasteiger partial charge is 0.343 e. The van der Waals surface area contributed by atoms with Crippen LogP contribution in [0.1, 0.15) is 53.0 Å². The average molecular weight is 517 g/mol. The van der Waals surface area contributed by atoms with Gasteiger partial charge in [-0.2, -0.15) is 0 Å². The highest BCUT2D eigenvalue weighted by Gasteiger charge is 2.39. The molecule has 196 valence electrons. The van der Waals surface area contributed by atoms with Gasteiger partial charge in [-0.05, 0) is 60.4 Å². The molecule has 1 heterocycles. The van der Waals surface area contributed by atoms with E-state index in [-0.39, 0.29) is 11.8 Å². The fraction of sp³-hybridized carbons (Fsp3) is 0.481. The monoisotopic (exact) mass is 516 g/mol. The Bertz CT molecular complexity index is 993. The van der Waals surface area contributed by atoms with Crippen molar-refractivity contribution in [2.24, 2.45) is 17.3 Å². The number of amides is 3. The molecule has 0 bridgehead atoms. The summed E-state index contributed by atoms with van der Waals surface area (Å²) in [5.74, 6) is -1.71. The molecule has 2 rings (SSSR count). The first-order valence-electron chi connectivity index (χ1n) is 12.1. The van der Waals surface area contributed by atoms with Crippen molar-refractivity contribution < 1.29 is 19.6 Å². The summed E-state index contributed by atoms with van der Waals surface area (Å²) in [5.41, 5.74) is 0.986. The maximum absolute atomic E-state index is 13.6. The first-order valence-corrected chi connectivity index (χ1v) is 12.5. The Morgan fingerprint density at radius 2 is 1.81 bits per heavy atom. The van der Waals surface area contributed by atoms with Gasteiger partial charge in [0.15, 0.2) is 0 Å². The molecular formula is C27H37ClN4O4. The third kappa shape index (κ3) is 8.60. The van der Waals surface area contributed by atoms with E-state index in [2.05, 4.69) is 15.6 Å². The molecule has 0 aliphatic heterocycles. The van der Waals surface area contributed by atoms with Gasteiger partial charge in [0, 0.05) is 11.2 Å². The molecule has 0 unspecified atom stereocenters. The number of nitrogens with zero attached hydrogens (tertiary/aromatic N) is 2. The van der Waals surface area contributed by atoms with Crippen LogP contribution in [0.25, 0.3) is 0 Å². The van der Waals surface area contributed by atoms with E-state index in [9.17, 15) is 19.6 Å². The van der Waals surface area contributed by atoms with Crippen LogP contribution in [0.2, 0.25) is 5.02 Å². The summed E-state index contributed by atoms with van der Waals surface area (Å²) >= 11 is 5.97. The number of halogens is 1. The average Bonchev–Trinajstić information content (AvgIpc) is 2.82. The zero-order valence-electron chi connectivity index (χ0n) is 21.6. The third-order valence-electron chi connectivity index (χ3n) is 6.08. The highest BCUT2D eigenvalue weighted by molar-refractivity contribution is 6.30. The number of benzene rings is 1. The van der Waals surface area contributed by atoms with E-state index >= 15 is 0 Å². The molecule has 0 saturated heterocycles. The number of pyridine rings is 1. The van der Waals surface area contributed by atoms with Gasteiger partial charge in [0.05, 0.1) is 23.8 Å². The Morgan fingerprint density at radius 1 is 1.14 bits per heavy atom. The van der Waals surface area contributed by atoms with Gasteiger partial charge >= 0.3 is 0 Å². The van der Waals surface area contributed by atoms with Crippen LogP contribution in [-0.2, 0) is 20.8 Å². The molecule has 3 N–H and O–H groups in total. The fourth-order valence-electron chi connectivity index (χ4n) is 4.23. The van der Waals surface area contributed by atoms with Crippen molar-refractivity contribution in [1.82, 2.24) is 15.4 Å². The van der Waals surface area contributed by atoms with Crippen LogP contribution < -0.4 is 10.6 Å². The standard InChI is InChI=1S/C27H37ClN4O4/c1-18(2)23(32(36)17-33)22(10-6-8-19-11-13-20(28)14-12-19)25(34)31-24(27(3,4)5)26(35)30-21-9-7-15-29-16-21/h7,9,11-18,22-24,36H,6,8,10H2,1-5H3,(H,30,35)(H,31,34)/t22-,23+,24-/m1/s1. The predicted molar refractivity (Wildman–Crippen MR) is 140 cm³/mol. The quantitative estimate of drug-likeness (QED) is 0.215. The van der Waals surface area contributed by atoms with Crippen LogP contribution in [0, 0.1) is 17.3 Å². The highest BCUT2D eigenvalue weighted by Crippen LogP contribution is 2.27. The SMILES string of the molecule is CC(C)[C@@H]([C@@H](CCCc1ccc(Cl)cc1)C(=O)N[C@H](C(=O)Nc1cccnc1)C(C)(C)C)N(O)C=O. The Balaban J connectivity index is 2.25. The third-order valence-corrected chi connectivity index (χ3v) is 6.34. The lowest BCUT2D eigenvalue weighted by Crippen LogP contribution is -2.56. The topological polar surface area (TPSA) is 112 Å². The Labute approximate surface area is 218 Å². The minimum atomic E-state index is -0.861. The number of carbonyl (C=O) groups excluding carboxylic acids is 3. The van der Waals surface area contributed by atoms with Crippen LogP contribution in [0.15, 0.2) is 48.8 Å². The van der Waals surface area contributed by atoms with Crippen molar-refractivity contribution in [1.29, 1.82) is 0 Å². The molecule has 3 amide bonds. The van der Waals surface area contributed by atoms with Crippen molar-refractivity contribution in [3.8, 4) is 0 Å². The summed E-state index contributed by atoms with van der Waals surface area (Å²) in [7, 11) is 0. The van der Waals surface area contributed by atoms with E-state index in [1.54, 1.807) is 18.3 Å². The molecule has 0 spiro atoms. The minimum absolute atomic E-state index is 0.205. The number of nitrogens with one attached hydrogen (secondary N) is 2. The van der Waals surface area contributed by atoms with E-state index in [1.807, 2.05) is 58.9 Å². The molecule has 8 nitrogen and oxygen atoms in total. The summed E-state index contributed by atoms with van der Waals surface area (Å²) in [4.78, 5) is 42.3. The number of aromatic nitrogens is 1. The number of rotatable bonds is 12. The van der Waals surface area contributed by atoms with Gasteiger partial charge in [0.1, 0.15) is 6.04 Å². The van der Waals surface area contributed by atoms with E-state index in [0.717, 1.165) is 5.56 Å². The maximum Gasteiger partial charge on any atom is 0.247 e. The predicted octanol–water partition coefficient (Wildman–Crippen LogP) is 4.72. The molecule has 9 heteroatoms. The highest BCUT2D eigenvalue weighted by atomic mass is 35.5. The summed E-state index contributed by atoms with van der Waals surface area (Å²) in [6.45, 7) is 9.26. The van der Waals surface area contributed by atoms with Crippen molar-refractivity contribution in [3.05, 3.63) is 59.4 Å². The van der Waals surface area contributed by atoms with E-state index in [1.165, 1.54) is 6.20 Å². The number of carbonyl (C=O) groups is 3. The lowest BCUT2D eigenvalue weighted by Gasteiger charge is -2.36. The van der Waals surface area contributed by atoms with Gasteiger partial charge in [-0.1, -0.05) is 58.4 Å². The van der Waals surface area contributed by atoms with E-state index in [4.69, 9.17) is 11.6 Å². The van der Waals surface area contributed by atoms with Crippen LogP contribution in [0.4, 0.5) is 5.69 Å². The molecule has 0 aliphatic rings. The van der Waals surface area contributed by atoms with Gasteiger partial charge < -0.3 is 10.6 Å². The van der Waals surface area contributed by atoms with E-state index in [0.29, 0.717) is 41.4 Å². The molecule has 0 saturated carbocycles. The Kier molecular flexibility index (Phi) is 10.9. The smallest absolute Gasteiger partial charge is 0.247 e. The molecule has 3 atom stereocenters. The number of hydrogen-bond donors (Lipinski definition) is 3. The Hall–Kier alpha value is -2.97.